The molecule has 0 aliphatic carbocycles. The van der Waals surface area contributed by atoms with E-state index in [1.165, 1.54) is 17.2 Å². The number of nitrogens with one attached hydrogen (secondary N) is 1. The van der Waals surface area contributed by atoms with Gasteiger partial charge < -0.3 is 5.32 Å². The van der Waals surface area contributed by atoms with Crippen LogP contribution in [0.5, 0.6) is 0 Å². The fourth-order valence-corrected chi connectivity index (χ4v) is 2.35. The number of thioether (sulfide) groups is 1. The lowest BCUT2D eigenvalue weighted by Crippen LogP contribution is -2.31. The Bertz CT molecular complexity index is 285. The molecule has 1 rings (SSSR count). The van der Waals surface area contributed by atoms with Crippen LogP contribution in [0.4, 0.5) is 0 Å². The second-order valence-electron chi connectivity index (χ2n) is 3.83. The highest BCUT2D eigenvalue weighted by molar-refractivity contribution is 7.99. The van der Waals surface area contributed by atoms with Crippen LogP contribution in [0, 0.1) is 0 Å². The molecule has 1 heterocycles. The molecule has 3 nitrogen and oxygen atoms in total. The summed E-state index contributed by atoms with van der Waals surface area (Å²) < 4.78 is 1.93. The van der Waals surface area contributed by atoms with Crippen molar-refractivity contribution in [1.29, 1.82) is 0 Å². The van der Waals surface area contributed by atoms with Crippen molar-refractivity contribution < 1.29 is 0 Å². The molecule has 0 bridgehead atoms. The summed E-state index contributed by atoms with van der Waals surface area (Å²) in [6.45, 7) is 6.61. The first-order valence-electron chi connectivity index (χ1n) is 5.46. The van der Waals surface area contributed by atoms with Crippen LogP contribution < -0.4 is 5.32 Å². The first kappa shape index (κ1) is 12.6. The summed E-state index contributed by atoms with van der Waals surface area (Å²) in [7, 11) is 1.99. The number of nitrogens with zero attached hydrogens (tertiary/aromatic N) is 2. The van der Waals surface area contributed by atoms with E-state index in [1.54, 1.807) is 0 Å². The van der Waals surface area contributed by atoms with Gasteiger partial charge in [0, 0.05) is 31.1 Å². The van der Waals surface area contributed by atoms with Crippen LogP contribution in [-0.4, -0.2) is 27.3 Å². The molecule has 0 amide bonds. The summed E-state index contributed by atoms with van der Waals surface area (Å²) >= 11 is 1.97. The van der Waals surface area contributed by atoms with Gasteiger partial charge in [0.15, 0.2) is 0 Å². The molecule has 0 aromatic carbocycles. The van der Waals surface area contributed by atoms with Crippen LogP contribution in [0.3, 0.4) is 0 Å². The molecule has 0 saturated heterocycles. The maximum Gasteiger partial charge on any atom is 0.0547 e. The maximum atomic E-state index is 4.18. The second-order valence-corrected chi connectivity index (χ2v) is 5.15. The molecule has 4 heteroatoms. The Morgan fingerprint density at radius 1 is 1.53 bits per heavy atom. The van der Waals surface area contributed by atoms with Crippen LogP contribution in [0.15, 0.2) is 12.3 Å². The lowest BCUT2D eigenvalue weighted by Gasteiger charge is -2.19. The third-order valence-corrected chi connectivity index (χ3v) is 3.55. The summed E-state index contributed by atoms with van der Waals surface area (Å²) in [6.07, 6.45) is 1.85. The summed E-state index contributed by atoms with van der Waals surface area (Å²) in [4.78, 5) is 0. The topological polar surface area (TPSA) is 29.9 Å². The highest BCUT2D eigenvalue weighted by Crippen LogP contribution is 2.12. The number of hydrogen-bond acceptors (Lipinski definition) is 3. The third kappa shape index (κ3) is 3.87. The fourth-order valence-electron chi connectivity index (χ4n) is 1.66. The standard InChI is InChI=1S/C11H21N3S/c1-5-15-8-9(2)13-10(3)11-6-7-12-14(11)4/h6-7,9-10,13H,5,8H2,1-4H3. The number of rotatable bonds is 6. The van der Waals surface area contributed by atoms with Gasteiger partial charge in [-0.3, -0.25) is 4.68 Å². The summed E-state index contributed by atoms with van der Waals surface area (Å²) in [5.74, 6) is 2.35. The molecule has 0 radical (unpaired) electrons. The van der Waals surface area contributed by atoms with Gasteiger partial charge in [-0.2, -0.15) is 16.9 Å². The Balaban J connectivity index is 2.42. The van der Waals surface area contributed by atoms with Crippen molar-refractivity contribution in [2.24, 2.45) is 7.05 Å². The van der Waals surface area contributed by atoms with Crippen LogP contribution in [-0.2, 0) is 7.05 Å². The Labute approximate surface area is 96.6 Å². The Morgan fingerprint density at radius 3 is 2.80 bits per heavy atom. The van der Waals surface area contributed by atoms with Gasteiger partial charge >= 0.3 is 0 Å². The van der Waals surface area contributed by atoms with Gasteiger partial charge in [0.25, 0.3) is 0 Å². The molecule has 1 N–H and O–H groups in total. The Hall–Kier alpha value is -0.480. The smallest absolute Gasteiger partial charge is 0.0547 e. The first-order chi connectivity index (χ1) is 7.15. The van der Waals surface area contributed by atoms with Crippen molar-refractivity contribution in [3.63, 3.8) is 0 Å². The molecule has 0 aliphatic heterocycles. The van der Waals surface area contributed by atoms with E-state index < -0.39 is 0 Å². The molecule has 0 aliphatic rings. The number of aromatic nitrogens is 2. The fraction of sp³-hybridized carbons (Fsp3) is 0.727. The second kappa shape index (κ2) is 6.18. The summed E-state index contributed by atoms with van der Waals surface area (Å²) in [6, 6.07) is 2.97. The monoisotopic (exact) mass is 227 g/mol. The van der Waals surface area contributed by atoms with E-state index in [0.717, 1.165) is 0 Å². The van der Waals surface area contributed by atoms with Crippen LogP contribution in [0.1, 0.15) is 32.5 Å². The average Bonchev–Trinajstić information content (AvgIpc) is 2.61. The molecule has 86 valence electrons. The van der Waals surface area contributed by atoms with Crippen molar-refractivity contribution in [2.75, 3.05) is 11.5 Å². The van der Waals surface area contributed by atoms with Gasteiger partial charge in [-0.15, -0.1) is 0 Å². The number of hydrogen-bond donors (Lipinski definition) is 1. The van der Waals surface area contributed by atoms with Crippen LogP contribution >= 0.6 is 11.8 Å². The van der Waals surface area contributed by atoms with Gasteiger partial charge in [-0.1, -0.05) is 6.92 Å². The molecule has 0 spiro atoms. The minimum Gasteiger partial charge on any atom is -0.306 e. The lowest BCUT2D eigenvalue weighted by molar-refractivity contribution is 0.483. The highest BCUT2D eigenvalue weighted by Gasteiger charge is 2.11. The van der Waals surface area contributed by atoms with Crippen LogP contribution in [0.25, 0.3) is 0 Å². The largest absolute Gasteiger partial charge is 0.306 e. The van der Waals surface area contributed by atoms with E-state index in [2.05, 4.69) is 37.3 Å². The molecule has 1 aromatic heterocycles. The van der Waals surface area contributed by atoms with Gasteiger partial charge in [0.2, 0.25) is 0 Å². The minimum atomic E-state index is 0.366. The van der Waals surface area contributed by atoms with E-state index in [9.17, 15) is 0 Å². The zero-order valence-electron chi connectivity index (χ0n) is 10.0. The minimum absolute atomic E-state index is 0.366. The lowest BCUT2D eigenvalue weighted by atomic mass is 10.2. The van der Waals surface area contributed by atoms with Gasteiger partial charge in [-0.25, -0.2) is 0 Å². The first-order valence-corrected chi connectivity index (χ1v) is 6.62. The molecular weight excluding hydrogens is 206 g/mol. The predicted octanol–water partition coefficient (Wildman–Crippen LogP) is 2.21. The zero-order chi connectivity index (χ0) is 11.3. The third-order valence-electron chi connectivity index (χ3n) is 2.41. The van der Waals surface area contributed by atoms with E-state index in [4.69, 9.17) is 0 Å². The molecule has 15 heavy (non-hydrogen) atoms. The molecule has 0 saturated carbocycles. The van der Waals surface area contributed by atoms with Crippen molar-refractivity contribution in [2.45, 2.75) is 32.9 Å². The molecule has 2 atom stereocenters. The van der Waals surface area contributed by atoms with Gasteiger partial charge in [0.05, 0.1) is 5.69 Å². The van der Waals surface area contributed by atoms with E-state index in [0.29, 0.717) is 12.1 Å². The summed E-state index contributed by atoms with van der Waals surface area (Å²) in [5.41, 5.74) is 1.24. The molecule has 2 unspecified atom stereocenters. The van der Waals surface area contributed by atoms with Crippen molar-refractivity contribution in [3.8, 4) is 0 Å². The number of aryl methyl sites for hydroxylation is 1. The Kier molecular flexibility index (Phi) is 5.19. The van der Waals surface area contributed by atoms with E-state index >= 15 is 0 Å². The predicted molar refractivity (Wildman–Crippen MR) is 67.2 cm³/mol. The zero-order valence-corrected chi connectivity index (χ0v) is 10.8. The maximum absolute atomic E-state index is 4.18. The SMILES string of the molecule is CCSCC(C)NC(C)c1ccnn1C. The van der Waals surface area contributed by atoms with Crippen molar-refractivity contribution in [3.05, 3.63) is 18.0 Å². The summed E-state index contributed by atoms with van der Waals surface area (Å²) in [5, 5.41) is 7.75. The van der Waals surface area contributed by atoms with E-state index in [-0.39, 0.29) is 0 Å². The molecule has 0 fully saturated rings. The molecule has 1 aromatic rings. The highest BCUT2D eigenvalue weighted by atomic mass is 32.2. The van der Waals surface area contributed by atoms with Gasteiger partial charge in [0.1, 0.15) is 0 Å². The van der Waals surface area contributed by atoms with Crippen LogP contribution in [0.2, 0.25) is 0 Å². The molecular formula is C11H21N3S. The van der Waals surface area contributed by atoms with Crippen molar-refractivity contribution in [1.82, 2.24) is 15.1 Å². The van der Waals surface area contributed by atoms with Gasteiger partial charge in [-0.05, 0) is 25.7 Å². The average molecular weight is 227 g/mol. The Morgan fingerprint density at radius 2 is 2.27 bits per heavy atom. The van der Waals surface area contributed by atoms with Crippen molar-refractivity contribution >= 4 is 11.8 Å². The van der Waals surface area contributed by atoms with E-state index in [1.807, 2.05) is 29.7 Å². The normalized spacial score (nSPS) is 15.2. The quantitative estimate of drug-likeness (QED) is 0.808.